The summed E-state index contributed by atoms with van der Waals surface area (Å²) >= 11 is 6.11. The normalized spacial score (nSPS) is 11.2. The second kappa shape index (κ2) is 12.9. The third kappa shape index (κ3) is 7.45. The van der Waals surface area contributed by atoms with Crippen molar-refractivity contribution in [3.8, 4) is 11.5 Å². The van der Waals surface area contributed by atoms with Crippen LogP contribution in [-0.2, 0) is 19.6 Å². The second-order valence-electron chi connectivity index (χ2n) is 8.08. The fourth-order valence-electron chi connectivity index (χ4n) is 3.37. The minimum absolute atomic E-state index is 0.0747. The van der Waals surface area contributed by atoms with Gasteiger partial charge in [-0.1, -0.05) is 17.7 Å². The zero-order valence-corrected chi connectivity index (χ0v) is 22.7. The lowest BCUT2D eigenvalue weighted by atomic mass is 10.2. The molecule has 3 aromatic carbocycles. The van der Waals surface area contributed by atoms with Crippen LogP contribution in [0.5, 0.6) is 11.5 Å². The van der Waals surface area contributed by atoms with Crippen molar-refractivity contribution in [1.29, 1.82) is 0 Å². The van der Waals surface area contributed by atoms with E-state index in [-0.39, 0.29) is 22.0 Å². The molecule has 0 atom stereocenters. The van der Waals surface area contributed by atoms with Gasteiger partial charge in [-0.15, -0.1) is 0 Å². The van der Waals surface area contributed by atoms with Gasteiger partial charge in [0.2, 0.25) is 0 Å². The van der Waals surface area contributed by atoms with Crippen LogP contribution in [-0.4, -0.2) is 56.8 Å². The van der Waals surface area contributed by atoms with E-state index in [9.17, 15) is 28.1 Å². The van der Waals surface area contributed by atoms with E-state index in [0.717, 1.165) is 6.07 Å². The van der Waals surface area contributed by atoms with E-state index in [1.807, 2.05) is 0 Å². The Labute approximate surface area is 233 Å². The van der Waals surface area contributed by atoms with Gasteiger partial charge in [-0.05, 0) is 61.0 Å². The summed E-state index contributed by atoms with van der Waals surface area (Å²) in [4.78, 5) is 33.7. The SMILES string of the molecule is COc1ccc(Cl)cc1N(CC(=O)N/N=C\c1ccc(OCC(=O)O)cc1)S(=O)(=O)c1ccc(C)c([N+](=O)[O-])c1. The topological polar surface area (TPSA) is 178 Å². The number of nitrogens with one attached hydrogen (secondary N) is 1. The lowest BCUT2D eigenvalue weighted by Gasteiger charge is -2.25. The number of hydrazone groups is 1. The number of aliphatic carboxylic acids is 1. The van der Waals surface area contributed by atoms with Crippen molar-refractivity contribution in [1.82, 2.24) is 5.43 Å². The van der Waals surface area contributed by atoms with Crippen LogP contribution in [0.3, 0.4) is 0 Å². The number of sulfonamides is 1. The Bertz CT molecular complexity index is 1560. The number of benzene rings is 3. The molecule has 0 aliphatic heterocycles. The Kier molecular flexibility index (Phi) is 9.63. The van der Waals surface area contributed by atoms with E-state index < -0.39 is 50.6 Å². The van der Waals surface area contributed by atoms with Gasteiger partial charge >= 0.3 is 5.97 Å². The van der Waals surface area contributed by atoms with Crippen LogP contribution in [0.2, 0.25) is 5.02 Å². The third-order valence-electron chi connectivity index (χ3n) is 5.31. The number of nitro benzene ring substituents is 1. The molecule has 0 aromatic heterocycles. The molecule has 0 saturated carbocycles. The number of carbonyl (C=O) groups excluding carboxylic acids is 1. The number of rotatable bonds is 12. The Hall–Kier alpha value is -4.69. The summed E-state index contributed by atoms with van der Waals surface area (Å²) in [5.41, 5.74) is 2.53. The first-order valence-electron chi connectivity index (χ1n) is 11.3. The minimum atomic E-state index is -4.54. The van der Waals surface area contributed by atoms with Gasteiger partial charge in [-0.2, -0.15) is 5.10 Å². The van der Waals surface area contributed by atoms with Crippen molar-refractivity contribution < 1.29 is 37.5 Å². The molecule has 0 heterocycles. The van der Waals surface area contributed by atoms with Crippen LogP contribution >= 0.6 is 11.6 Å². The highest BCUT2D eigenvalue weighted by Crippen LogP contribution is 2.35. The summed E-state index contributed by atoms with van der Waals surface area (Å²) in [7, 11) is -3.24. The Morgan fingerprint density at radius 2 is 1.85 bits per heavy atom. The van der Waals surface area contributed by atoms with Gasteiger partial charge in [0.05, 0.1) is 28.8 Å². The van der Waals surface area contributed by atoms with Crippen LogP contribution in [0.25, 0.3) is 0 Å². The molecule has 0 radical (unpaired) electrons. The highest BCUT2D eigenvalue weighted by atomic mass is 35.5. The second-order valence-corrected chi connectivity index (χ2v) is 10.4. The van der Waals surface area contributed by atoms with E-state index in [4.69, 9.17) is 26.2 Å². The molecule has 0 aliphatic carbocycles. The molecule has 3 aromatic rings. The number of aryl methyl sites for hydroxylation is 1. The van der Waals surface area contributed by atoms with Gasteiger partial charge in [0.25, 0.3) is 21.6 Å². The van der Waals surface area contributed by atoms with E-state index in [1.165, 1.54) is 62.7 Å². The van der Waals surface area contributed by atoms with E-state index >= 15 is 0 Å². The number of carboxylic acids is 1. The molecule has 1 amide bonds. The summed E-state index contributed by atoms with van der Waals surface area (Å²) in [5, 5.41) is 24.1. The largest absolute Gasteiger partial charge is 0.495 e. The maximum Gasteiger partial charge on any atom is 0.341 e. The summed E-state index contributed by atoms with van der Waals surface area (Å²) in [5.74, 6) is -1.57. The molecular weight excluding hydrogens is 568 g/mol. The maximum atomic E-state index is 13.7. The molecule has 0 spiro atoms. The first-order chi connectivity index (χ1) is 18.9. The summed E-state index contributed by atoms with van der Waals surface area (Å²) in [6.07, 6.45) is 1.28. The first kappa shape index (κ1) is 29.9. The highest BCUT2D eigenvalue weighted by molar-refractivity contribution is 7.92. The molecule has 0 unspecified atom stereocenters. The van der Waals surface area contributed by atoms with Crippen molar-refractivity contribution in [2.24, 2.45) is 5.10 Å². The number of halogens is 1. The molecule has 3 rings (SSSR count). The van der Waals surface area contributed by atoms with E-state index in [1.54, 1.807) is 12.1 Å². The van der Waals surface area contributed by atoms with Crippen LogP contribution in [0.4, 0.5) is 11.4 Å². The predicted octanol–water partition coefficient (Wildman–Crippen LogP) is 3.37. The van der Waals surface area contributed by atoms with E-state index in [2.05, 4.69) is 10.5 Å². The van der Waals surface area contributed by atoms with E-state index in [0.29, 0.717) is 15.6 Å². The summed E-state index contributed by atoms with van der Waals surface area (Å²) in [6, 6.07) is 13.7. The molecule has 15 heteroatoms. The first-order valence-corrected chi connectivity index (χ1v) is 13.1. The number of anilines is 1. The third-order valence-corrected chi connectivity index (χ3v) is 7.30. The number of amides is 1. The number of nitro groups is 1. The number of methoxy groups -OCH3 is 1. The van der Waals surface area contributed by atoms with Crippen molar-refractivity contribution in [2.75, 3.05) is 24.6 Å². The minimum Gasteiger partial charge on any atom is -0.495 e. The number of ether oxygens (including phenoxy) is 2. The lowest BCUT2D eigenvalue weighted by molar-refractivity contribution is -0.385. The molecule has 0 fully saturated rings. The number of nitrogens with zero attached hydrogens (tertiary/aromatic N) is 3. The maximum absolute atomic E-state index is 13.7. The zero-order chi connectivity index (χ0) is 29.4. The summed E-state index contributed by atoms with van der Waals surface area (Å²) in [6.45, 7) is 0.185. The standard InChI is InChI=1S/C25H23ClN4O9S/c1-16-3-9-20(12-21(16)30(34)35)40(36,37)29(22-11-18(26)6-10-23(22)38-2)14-24(31)28-27-13-17-4-7-19(8-5-17)39-15-25(32)33/h3-13H,14-15H2,1-2H3,(H,28,31)(H,32,33)/b27-13-. The highest BCUT2D eigenvalue weighted by Gasteiger charge is 2.31. The van der Waals surface area contributed by atoms with Crippen LogP contribution in [0.1, 0.15) is 11.1 Å². The average molecular weight is 591 g/mol. The number of carbonyl (C=O) groups is 2. The van der Waals surface area contributed by atoms with Gasteiger partial charge in [-0.3, -0.25) is 19.2 Å². The zero-order valence-electron chi connectivity index (χ0n) is 21.1. The Morgan fingerprint density at radius 3 is 2.48 bits per heavy atom. The van der Waals surface area contributed by atoms with Crippen molar-refractivity contribution in [2.45, 2.75) is 11.8 Å². The molecule has 2 N–H and O–H groups in total. The molecule has 40 heavy (non-hydrogen) atoms. The van der Waals surface area contributed by atoms with Crippen molar-refractivity contribution in [3.05, 3.63) is 86.9 Å². The molecule has 0 bridgehead atoms. The van der Waals surface area contributed by atoms with Crippen molar-refractivity contribution >= 4 is 51.1 Å². The Balaban J connectivity index is 1.88. The molecule has 210 valence electrons. The molecular formula is C25H23ClN4O9S. The van der Waals surface area contributed by atoms with Crippen LogP contribution in [0, 0.1) is 17.0 Å². The molecule has 0 saturated heterocycles. The van der Waals surface area contributed by atoms with Gasteiger partial charge in [-0.25, -0.2) is 18.6 Å². The van der Waals surface area contributed by atoms with Crippen LogP contribution < -0.4 is 19.2 Å². The van der Waals surface area contributed by atoms with Gasteiger partial charge in [0.1, 0.15) is 18.0 Å². The molecule has 0 aliphatic rings. The fraction of sp³-hybridized carbons (Fsp3) is 0.160. The average Bonchev–Trinajstić information content (AvgIpc) is 2.91. The number of carboxylic acid groups (broad SMARTS) is 1. The monoisotopic (exact) mass is 590 g/mol. The van der Waals surface area contributed by atoms with Crippen LogP contribution in [0.15, 0.2) is 70.7 Å². The number of hydrogen-bond donors (Lipinski definition) is 2. The summed E-state index contributed by atoms with van der Waals surface area (Å²) < 4.78 is 38.4. The predicted molar refractivity (Wildman–Crippen MR) is 146 cm³/mol. The quantitative estimate of drug-likeness (QED) is 0.182. The Morgan fingerprint density at radius 1 is 1.15 bits per heavy atom. The van der Waals surface area contributed by atoms with Crippen molar-refractivity contribution in [3.63, 3.8) is 0 Å². The van der Waals surface area contributed by atoms with Gasteiger partial charge < -0.3 is 14.6 Å². The lowest BCUT2D eigenvalue weighted by Crippen LogP contribution is -2.39. The number of hydrogen-bond acceptors (Lipinski definition) is 9. The van der Waals surface area contributed by atoms with Gasteiger partial charge in [0, 0.05) is 16.7 Å². The van der Waals surface area contributed by atoms with Gasteiger partial charge in [0.15, 0.2) is 6.61 Å². The molecule has 13 nitrogen and oxygen atoms in total. The fourth-order valence-corrected chi connectivity index (χ4v) is 4.98. The smallest absolute Gasteiger partial charge is 0.341 e.